The fourth-order valence-corrected chi connectivity index (χ4v) is 1.98. The van der Waals surface area contributed by atoms with Crippen LogP contribution in [0.5, 0.6) is 0 Å². The first-order valence-electron chi connectivity index (χ1n) is 6.58. The van der Waals surface area contributed by atoms with Crippen molar-refractivity contribution in [2.24, 2.45) is 0 Å². The number of rotatable bonds is 7. The number of halogens is 1. The van der Waals surface area contributed by atoms with Gasteiger partial charge < -0.3 is 9.64 Å². The van der Waals surface area contributed by atoms with Crippen LogP contribution >= 0.6 is 17.0 Å². The van der Waals surface area contributed by atoms with Crippen LogP contribution < -0.4 is 5.56 Å². The maximum atomic E-state index is 11.8. The van der Waals surface area contributed by atoms with Crippen molar-refractivity contribution in [3.05, 3.63) is 38.7 Å². The first-order chi connectivity index (χ1) is 9.99. The molecule has 0 fully saturated rings. The minimum atomic E-state index is -0.513. The molecule has 0 spiro atoms. The number of nitro benzene ring substituents is 1. The van der Waals surface area contributed by atoms with Gasteiger partial charge in [-0.05, 0) is 20.2 Å². The number of benzene rings is 1. The molecular formula is C13H19BrN4O4. The third-order valence-corrected chi connectivity index (χ3v) is 3.10. The molecule has 1 N–H and O–H groups in total. The summed E-state index contributed by atoms with van der Waals surface area (Å²) in [6.45, 7) is 2.39. The highest BCUT2D eigenvalue weighted by molar-refractivity contribution is 8.93. The van der Waals surface area contributed by atoms with Gasteiger partial charge in [-0.2, -0.15) is 0 Å². The molecule has 1 aromatic carbocycles. The lowest BCUT2D eigenvalue weighted by Crippen LogP contribution is -2.19. The number of fused-ring (bicyclic) bond motifs is 1. The summed E-state index contributed by atoms with van der Waals surface area (Å²) in [6, 6.07) is 4.25. The molecule has 0 saturated heterocycles. The summed E-state index contributed by atoms with van der Waals surface area (Å²) < 4.78 is 7.13. The number of non-ortho nitro benzene ring substituents is 1. The molecule has 9 heteroatoms. The van der Waals surface area contributed by atoms with Crippen molar-refractivity contribution >= 4 is 33.6 Å². The molecule has 0 saturated carbocycles. The van der Waals surface area contributed by atoms with Crippen molar-refractivity contribution in [3.63, 3.8) is 0 Å². The normalized spacial score (nSPS) is 10.9. The summed E-state index contributed by atoms with van der Waals surface area (Å²) in [5.74, 6) is 0. The molecule has 0 aliphatic heterocycles. The second kappa shape index (κ2) is 8.06. The number of aromatic nitrogens is 2. The molecule has 22 heavy (non-hydrogen) atoms. The van der Waals surface area contributed by atoms with E-state index in [9.17, 15) is 14.9 Å². The maximum Gasteiger partial charge on any atom is 0.272 e. The molecule has 0 atom stereocenters. The zero-order chi connectivity index (χ0) is 15.4. The minimum Gasteiger partial charge on any atom is -0.378 e. The summed E-state index contributed by atoms with van der Waals surface area (Å²) >= 11 is 0. The van der Waals surface area contributed by atoms with Gasteiger partial charge in [0.2, 0.25) is 0 Å². The van der Waals surface area contributed by atoms with Crippen LogP contribution in [0.2, 0.25) is 0 Å². The Morgan fingerprint density at radius 2 is 2.09 bits per heavy atom. The van der Waals surface area contributed by atoms with Gasteiger partial charge in [-0.25, -0.2) is 0 Å². The van der Waals surface area contributed by atoms with Crippen molar-refractivity contribution < 1.29 is 9.66 Å². The van der Waals surface area contributed by atoms with Crippen LogP contribution in [0, 0.1) is 10.1 Å². The van der Waals surface area contributed by atoms with Crippen LogP contribution in [0.4, 0.5) is 5.69 Å². The number of nitro groups is 1. The summed E-state index contributed by atoms with van der Waals surface area (Å²) in [6.07, 6.45) is 0. The zero-order valence-corrected chi connectivity index (χ0v) is 14.2. The number of nitrogens with zero attached hydrogens (tertiary/aromatic N) is 3. The van der Waals surface area contributed by atoms with Crippen molar-refractivity contribution in [3.8, 4) is 0 Å². The molecule has 1 aromatic heterocycles. The van der Waals surface area contributed by atoms with Crippen LogP contribution in [0.3, 0.4) is 0 Å². The summed E-state index contributed by atoms with van der Waals surface area (Å²) in [5, 5.41) is 13.7. The average molecular weight is 375 g/mol. The predicted molar refractivity (Wildman–Crippen MR) is 88.9 cm³/mol. The zero-order valence-electron chi connectivity index (χ0n) is 12.4. The fourth-order valence-electron chi connectivity index (χ4n) is 1.98. The SMILES string of the molecule is Br.CN(C)CCOCCn1[nH]c(=O)c2cc([N+](=O)[O-])ccc21. The van der Waals surface area contributed by atoms with Gasteiger partial charge in [0.05, 0.1) is 35.6 Å². The smallest absolute Gasteiger partial charge is 0.272 e. The van der Waals surface area contributed by atoms with Crippen molar-refractivity contribution in [1.82, 2.24) is 14.7 Å². The Morgan fingerprint density at radius 1 is 1.36 bits per heavy atom. The lowest BCUT2D eigenvalue weighted by Gasteiger charge is -2.10. The molecular weight excluding hydrogens is 356 g/mol. The Bertz CT molecular complexity index is 695. The third-order valence-electron chi connectivity index (χ3n) is 3.10. The molecule has 0 aliphatic rings. The van der Waals surface area contributed by atoms with Gasteiger partial charge in [0, 0.05) is 18.7 Å². The largest absolute Gasteiger partial charge is 0.378 e. The van der Waals surface area contributed by atoms with Crippen LogP contribution in [-0.4, -0.2) is 53.5 Å². The van der Waals surface area contributed by atoms with E-state index in [0.717, 1.165) is 6.54 Å². The minimum absolute atomic E-state index is 0. The summed E-state index contributed by atoms with van der Waals surface area (Å²) in [5.41, 5.74) is 0.219. The van der Waals surface area contributed by atoms with Crippen LogP contribution in [0.25, 0.3) is 10.9 Å². The van der Waals surface area contributed by atoms with Gasteiger partial charge in [-0.15, -0.1) is 17.0 Å². The number of H-pyrrole nitrogens is 1. The summed E-state index contributed by atoms with van der Waals surface area (Å²) in [7, 11) is 3.93. The highest BCUT2D eigenvalue weighted by Gasteiger charge is 2.12. The van der Waals surface area contributed by atoms with Gasteiger partial charge in [0.15, 0.2) is 0 Å². The lowest BCUT2D eigenvalue weighted by molar-refractivity contribution is -0.384. The number of hydrogen-bond donors (Lipinski definition) is 1. The molecule has 2 aromatic rings. The maximum absolute atomic E-state index is 11.8. The summed E-state index contributed by atoms with van der Waals surface area (Å²) in [4.78, 5) is 24.0. The van der Waals surface area contributed by atoms with E-state index < -0.39 is 4.92 Å². The number of likely N-dealkylation sites (N-methyl/N-ethyl adjacent to an activating group) is 1. The predicted octanol–water partition coefficient (Wildman–Crippen LogP) is 1.39. The van der Waals surface area contributed by atoms with E-state index in [2.05, 4.69) is 5.10 Å². The molecule has 0 radical (unpaired) electrons. The monoisotopic (exact) mass is 374 g/mol. The van der Waals surface area contributed by atoms with Crippen molar-refractivity contribution in [1.29, 1.82) is 0 Å². The fraction of sp³-hybridized carbons (Fsp3) is 0.462. The van der Waals surface area contributed by atoms with Gasteiger partial charge in [-0.3, -0.25) is 24.7 Å². The number of ether oxygens (including phenoxy) is 1. The molecule has 0 amide bonds. The number of hydrogen-bond acceptors (Lipinski definition) is 5. The topological polar surface area (TPSA) is 93.4 Å². The highest BCUT2D eigenvalue weighted by Crippen LogP contribution is 2.17. The van der Waals surface area contributed by atoms with Crippen molar-refractivity contribution in [2.45, 2.75) is 6.54 Å². The van der Waals surface area contributed by atoms with Gasteiger partial charge in [0.1, 0.15) is 0 Å². The van der Waals surface area contributed by atoms with E-state index >= 15 is 0 Å². The Morgan fingerprint density at radius 3 is 2.73 bits per heavy atom. The quantitative estimate of drug-likeness (QED) is 0.449. The van der Waals surface area contributed by atoms with Gasteiger partial charge in [0.25, 0.3) is 11.2 Å². The van der Waals surface area contributed by atoms with Crippen LogP contribution in [0.1, 0.15) is 0 Å². The Hall–Kier alpha value is -1.71. The second-order valence-electron chi connectivity index (χ2n) is 4.97. The van der Waals surface area contributed by atoms with E-state index in [1.807, 2.05) is 19.0 Å². The molecule has 8 nitrogen and oxygen atoms in total. The Labute approximate surface area is 137 Å². The van der Waals surface area contributed by atoms with E-state index in [4.69, 9.17) is 4.74 Å². The van der Waals surface area contributed by atoms with Crippen LogP contribution in [0.15, 0.2) is 23.0 Å². The Balaban J connectivity index is 0.00000242. The molecule has 2 rings (SSSR count). The first-order valence-corrected chi connectivity index (χ1v) is 6.58. The third kappa shape index (κ3) is 4.39. The van der Waals surface area contributed by atoms with Crippen molar-refractivity contribution in [2.75, 3.05) is 33.9 Å². The molecule has 0 unspecified atom stereocenters. The van der Waals surface area contributed by atoms with E-state index in [1.54, 1.807) is 10.7 Å². The first kappa shape index (κ1) is 18.3. The van der Waals surface area contributed by atoms with E-state index in [0.29, 0.717) is 30.7 Å². The number of aromatic amines is 1. The molecule has 0 aliphatic carbocycles. The average Bonchev–Trinajstić information content (AvgIpc) is 2.74. The Kier molecular flexibility index (Phi) is 6.72. The second-order valence-corrected chi connectivity index (χ2v) is 4.97. The standard InChI is InChI=1S/C13H18N4O4.BrH/c1-15(2)5-7-21-8-6-16-12-4-3-10(17(19)20)9-11(12)13(18)14-16;/h3-4,9H,5-8H2,1-2H3,(H,14,18);1H. The number of nitrogens with one attached hydrogen (secondary N) is 1. The van der Waals surface area contributed by atoms with Gasteiger partial charge in [-0.1, -0.05) is 0 Å². The van der Waals surface area contributed by atoms with Gasteiger partial charge >= 0.3 is 0 Å². The van der Waals surface area contributed by atoms with E-state index in [-0.39, 0.29) is 28.2 Å². The van der Waals surface area contributed by atoms with E-state index in [1.165, 1.54) is 12.1 Å². The highest BCUT2D eigenvalue weighted by atomic mass is 79.9. The molecule has 122 valence electrons. The lowest BCUT2D eigenvalue weighted by atomic mass is 10.2. The molecule has 0 bridgehead atoms. The molecule has 1 heterocycles. The van der Waals surface area contributed by atoms with Crippen LogP contribution in [-0.2, 0) is 11.3 Å².